The molecule has 0 spiro atoms. The SMILES string of the molecule is C[C@@H](CN1CCNCC1)c1ccccc1. The average molecular weight is 204 g/mol. The molecule has 1 fully saturated rings. The minimum atomic E-state index is 0.643. The van der Waals surface area contributed by atoms with Crippen molar-refractivity contribution in [1.29, 1.82) is 0 Å². The highest BCUT2D eigenvalue weighted by atomic mass is 15.2. The molecule has 82 valence electrons. The number of piperazine rings is 1. The van der Waals surface area contributed by atoms with Crippen LogP contribution in [0.15, 0.2) is 30.3 Å². The molecule has 1 heterocycles. The minimum absolute atomic E-state index is 0.643. The van der Waals surface area contributed by atoms with Crippen LogP contribution in [0.2, 0.25) is 0 Å². The Hall–Kier alpha value is -0.860. The van der Waals surface area contributed by atoms with Gasteiger partial charge in [0.15, 0.2) is 0 Å². The smallest absolute Gasteiger partial charge is 0.0108 e. The molecule has 1 aliphatic heterocycles. The lowest BCUT2D eigenvalue weighted by Crippen LogP contribution is -2.44. The minimum Gasteiger partial charge on any atom is -0.314 e. The Morgan fingerprint density at radius 3 is 2.53 bits per heavy atom. The van der Waals surface area contributed by atoms with Gasteiger partial charge in [-0.3, -0.25) is 0 Å². The summed E-state index contributed by atoms with van der Waals surface area (Å²) in [7, 11) is 0. The first kappa shape index (κ1) is 10.7. The van der Waals surface area contributed by atoms with Crippen LogP contribution in [0.1, 0.15) is 18.4 Å². The van der Waals surface area contributed by atoms with Crippen LogP contribution >= 0.6 is 0 Å². The zero-order valence-electron chi connectivity index (χ0n) is 9.45. The van der Waals surface area contributed by atoms with E-state index in [-0.39, 0.29) is 0 Å². The third kappa shape index (κ3) is 3.05. The van der Waals surface area contributed by atoms with Gasteiger partial charge in [-0.05, 0) is 11.5 Å². The fourth-order valence-electron chi connectivity index (χ4n) is 2.17. The van der Waals surface area contributed by atoms with Gasteiger partial charge in [-0.2, -0.15) is 0 Å². The van der Waals surface area contributed by atoms with Crippen molar-refractivity contribution < 1.29 is 0 Å². The predicted molar refractivity (Wildman–Crippen MR) is 64.2 cm³/mol. The van der Waals surface area contributed by atoms with E-state index in [1.807, 2.05) is 0 Å². The zero-order valence-corrected chi connectivity index (χ0v) is 9.45. The maximum atomic E-state index is 3.39. The van der Waals surface area contributed by atoms with Gasteiger partial charge >= 0.3 is 0 Å². The van der Waals surface area contributed by atoms with Crippen LogP contribution in [0.5, 0.6) is 0 Å². The van der Waals surface area contributed by atoms with E-state index in [0.29, 0.717) is 5.92 Å². The van der Waals surface area contributed by atoms with E-state index in [0.717, 1.165) is 13.1 Å². The van der Waals surface area contributed by atoms with Gasteiger partial charge in [0.1, 0.15) is 0 Å². The van der Waals surface area contributed by atoms with Gasteiger partial charge in [0.2, 0.25) is 0 Å². The average Bonchev–Trinajstić information content (AvgIpc) is 2.31. The van der Waals surface area contributed by atoms with E-state index in [4.69, 9.17) is 0 Å². The van der Waals surface area contributed by atoms with Gasteiger partial charge in [0, 0.05) is 32.7 Å². The molecule has 0 aromatic heterocycles. The van der Waals surface area contributed by atoms with Crippen LogP contribution in [0.4, 0.5) is 0 Å². The number of nitrogens with zero attached hydrogens (tertiary/aromatic N) is 1. The number of rotatable bonds is 3. The lowest BCUT2D eigenvalue weighted by Gasteiger charge is -2.29. The summed E-state index contributed by atoms with van der Waals surface area (Å²) in [4.78, 5) is 2.55. The molecule has 1 aliphatic rings. The molecule has 0 unspecified atom stereocenters. The number of benzene rings is 1. The van der Waals surface area contributed by atoms with Crippen LogP contribution in [0, 0.1) is 0 Å². The highest BCUT2D eigenvalue weighted by Gasteiger charge is 2.13. The van der Waals surface area contributed by atoms with Crippen molar-refractivity contribution in [1.82, 2.24) is 10.2 Å². The zero-order chi connectivity index (χ0) is 10.5. The second kappa shape index (κ2) is 5.29. The van der Waals surface area contributed by atoms with E-state index < -0.39 is 0 Å². The maximum absolute atomic E-state index is 3.39. The second-order valence-electron chi connectivity index (χ2n) is 4.36. The first-order valence-electron chi connectivity index (χ1n) is 5.84. The van der Waals surface area contributed by atoms with E-state index in [1.54, 1.807) is 0 Å². The standard InChI is InChI=1S/C13H20N2/c1-12(13-5-3-2-4-6-13)11-15-9-7-14-8-10-15/h2-6,12,14H,7-11H2,1H3/t12-/m0/s1. The molecule has 1 aromatic rings. The molecule has 0 bridgehead atoms. The highest BCUT2D eigenvalue weighted by molar-refractivity contribution is 5.19. The Morgan fingerprint density at radius 1 is 1.20 bits per heavy atom. The molecule has 0 aliphatic carbocycles. The molecule has 1 aromatic carbocycles. The maximum Gasteiger partial charge on any atom is 0.0108 e. The molecule has 15 heavy (non-hydrogen) atoms. The number of hydrogen-bond donors (Lipinski definition) is 1. The monoisotopic (exact) mass is 204 g/mol. The second-order valence-corrected chi connectivity index (χ2v) is 4.36. The molecule has 2 nitrogen and oxygen atoms in total. The first-order chi connectivity index (χ1) is 7.36. The summed E-state index contributed by atoms with van der Waals surface area (Å²) in [5, 5.41) is 3.39. The number of hydrogen-bond acceptors (Lipinski definition) is 2. The van der Waals surface area contributed by atoms with E-state index in [9.17, 15) is 0 Å². The molecular weight excluding hydrogens is 184 g/mol. The molecule has 2 rings (SSSR count). The van der Waals surface area contributed by atoms with Crippen LogP contribution in [-0.2, 0) is 0 Å². The summed E-state index contributed by atoms with van der Waals surface area (Å²) in [6.45, 7) is 8.17. The van der Waals surface area contributed by atoms with Gasteiger partial charge in [0.25, 0.3) is 0 Å². The van der Waals surface area contributed by atoms with Crippen molar-refractivity contribution in [3.63, 3.8) is 0 Å². The molecule has 2 heteroatoms. The van der Waals surface area contributed by atoms with Crippen molar-refractivity contribution in [3.8, 4) is 0 Å². The summed E-state index contributed by atoms with van der Waals surface area (Å²) < 4.78 is 0. The normalized spacial score (nSPS) is 20.1. The third-order valence-corrected chi connectivity index (χ3v) is 3.11. The Kier molecular flexibility index (Phi) is 3.75. The summed E-state index contributed by atoms with van der Waals surface area (Å²) in [6.07, 6.45) is 0. The van der Waals surface area contributed by atoms with Crippen LogP contribution < -0.4 is 5.32 Å². The van der Waals surface area contributed by atoms with E-state index >= 15 is 0 Å². The van der Waals surface area contributed by atoms with Gasteiger partial charge < -0.3 is 10.2 Å². The van der Waals surface area contributed by atoms with Crippen molar-refractivity contribution in [2.45, 2.75) is 12.8 Å². The fraction of sp³-hybridized carbons (Fsp3) is 0.538. The van der Waals surface area contributed by atoms with E-state index in [1.165, 1.54) is 25.2 Å². The van der Waals surface area contributed by atoms with Gasteiger partial charge in [0.05, 0.1) is 0 Å². The predicted octanol–water partition coefficient (Wildman–Crippen LogP) is 1.70. The van der Waals surface area contributed by atoms with Crippen molar-refractivity contribution in [2.24, 2.45) is 0 Å². The molecule has 0 amide bonds. The lowest BCUT2D eigenvalue weighted by atomic mass is 10.0. The number of nitrogens with one attached hydrogen (secondary N) is 1. The van der Waals surface area contributed by atoms with Crippen molar-refractivity contribution in [2.75, 3.05) is 32.7 Å². The molecule has 1 N–H and O–H groups in total. The van der Waals surface area contributed by atoms with Crippen molar-refractivity contribution >= 4 is 0 Å². The summed E-state index contributed by atoms with van der Waals surface area (Å²) in [5.74, 6) is 0.643. The van der Waals surface area contributed by atoms with Gasteiger partial charge in [-0.25, -0.2) is 0 Å². The highest BCUT2D eigenvalue weighted by Crippen LogP contribution is 2.15. The lowest BCUT2D eigenvalue weighted by molar-refractivity contribution is 0.230. The Labute approximate surface area is 92.3 Å². The van der Waals surface area contributed by atoms with E-state index in [2.05, 4.69) is 47.5 Å². The topological polar surface area (TPSA) is 15.3 Å². The summed E-state index contributed by atoms with van der Waals surface area (Å²) in [6, 6.07) is 10.8. The summed E-state index contributed by atoms with van der Waals surface area (Å²) >= 11 is 0. The first-order valence-corrected chi connectivity index (χ1v) is 5.84. The van der Waals surface area contributed by atoms with Gasteiger partial charge in [-0.1, -0.05) is 37.3 Å². The summed E-state index contributed by atoms with van der Waals surface area (Å²) in [5.41, 5.74) is 1.45. The Balaban J connectivity index is 1.88. The van der Waals surface area contributed by atoms with Crippen LogP contribution in [0.3, 0.4) is 0 Å². The molecular formula is C13H20N2. The quantitative estimate of drug-likeness (QED) is 0.806. The van der Waals surface area contributed by atoms with Crippen LogP contribution in [-0.4, -0.2) is 37.6 Å². The van der Waals surface area contributed by atoms with Crippen molar-refractivity contribution in [3.05, 3.63) is 35.9 Å². The van der Waals surface area contributed by atoms with Gasteiger partial charge in [-0.15, -0.1) is 0 Å². The van der Waals surface area contributed by atoms with Crippen LogP contribution in [0.25, 0.3) is 0 Å². The largest absolute Gasteiger partial charge is 0.314 e. The third-order valence-electron chi connectivity index (χ3n) is 3.11. The Bertz CT molecular complexity index is 278. The molecule has 1 saturated heterocycles. The molecule has 1 atom stereocenters. The Morgan fingerprint density at radius 2 is 1.87 bits per heavy atom. The molecule has 0 saturated carbocycles. The molecule has 0 radical (unpaired) electrons. The fourth-order valence-corrected chi connectivity index (χ4v) is 2.17.